The summed E-state index contributed by atoms with van der Waals surface area (Å²) in [6.07, 6.45) is 8.38. The van der Waals surface area contributed by atoms with E-state index >= 15 is 0 Å². The highest BCUT2D eigenvalue weighted by Gasteiger charge is 2.39. The molecule has 3 rings (SSSR count). The molecule has 0 bridgehead atoms. The zero-order valence-corrected chi connectivity index (χ0v) is 18.7. The Hall–Kier alpha value is -1.55. The van der Waals surface area contributed by atoms with Gasteiger partial charge in [-0.05, 0) is 31.9 Å². The summed E-state index contributed by atoms with van der Waals surface area (Å²) in [6, 6.07) is 5.78. The molecule has 162 valence electrons. The van der Waals surface area contributed by atoms with Crippen molar-refractivity contribution in [1.29, 1.82) is 0 Å². The summed E-state index contributed by atoms with van der Waals surface area (Å²) < 4.78 is 31.7. The van der Waals surface area contributed by atoms with Crippen LogP contribution in [0.25, 0.3) is 0 Å². The minimum Gasteiger partial charge on any atom is -0.744 e. The number of carbonyl (C=O) groups is 1. The molecule has 1 aromatic rings. The van der Waals surface area contributed by atoms with Gasteiger partial charge in [0.15, 0.2) is 18.2 Å². The number of likely N-dealkylation sites (tertiary alicyclic amines) is 1. The molecule has 1 atom stereocenters. The Labute approximate surface area is 178 Å². The number of hydrogen-bond acceptors (Lipinski definition) is 6. The Balaban J connectivity index is 0.000000234. The van der Waals surface area contributed by atoms with E-state index in [0.29, 0.717) is 17.1 Å². The van der Waals surface area contributed by atoms with Crippen molar-refractivity contribution in [3.05, 3.63) is 41.5 Å². The fourth-order valence-electron chi connectivity index (χ4n) is 3.14. The molecule has 0 N–H and O–H groups in total. The maximum atomic E-state index is 11.7. The second-order valence-electron chi connectivity index (χ2n) is 7.25. The van der Waals surface area contributed by atoms with E-state index in [4.69, 9.17) is 4.84 Å². The first kappa shape index (κ1) is 23.7. The number of rotatable bonds is 8. The molecule has 0 radical (unpaired) electrons. The number of hydrogen-bond donors (Lipinski definition) is 0. The second-order valence-corrected chi connectivity index (χ2v) is 9.78. The highest BCUT2D eigenvalue weighted by molar-refractivity contribution is 7.96. The molecule has 0 aromatic heterocycles. The molecule has 29 heavy (non-hydrogen) atoms. The topological polar surface area (TPSA) is 86.7 Å². The van der Waals surface area contributed by atoms with E-state index < -0.39 is 10.1 Å². The minimum atomic E-state index is -4.27. The van der Waals surface area contributed by atoms with Crippen LogP contribution >= 0.6 is 11.9 Å². The standard InChI is InChI=1S/C13H23N2O2S.C7H8O3S/c1-2-3-4-5-9-15(17-10-11-18-15)12-14-8-6-7-13(14)16;1-6-2-4-7(5-3-6)11(8,9)10/h10-11H,2-9,12H2,1H3;2-5H,1H3,(H,8,9,10)/q+1;/p-1. The second kappa shape index (κ2) is 11.0. The molecule has 0 aliphatic carbocycles. The van der Waals surface area contributed by atoms with Crippen molar-refractivity contribution in [1.82, 2.24) is 4.90 Å². The van der Waals surface area contributed by atoms with Crippen LogP contribution < -0.4 is 0 Å². The lowest BCUT2D eigenvalue weighted by Crippen LogP contribution is -2.47. The number of amides is 1. The van der Waals surface area contributed by atoms with Gasteiger partial charge in [-0.3, -0.25) is 9.69 Å². The molecule has 1 aromatic carbocycles. The number of quaternary nitrogens is 1. The summed E-state index contributed by atoms with van der Waals surface area (Å²) in [6.45, 7) is 6.58. The van der Waals surface area contributed by atoms with Crippen LogP contribution in [0.3, 0.4) is 0 Å². The smallest absolute Gasteiger partial charge is 0.227 e. The molecule has 0 spiro atoms. The predicted molar refractivity (Wildman–Crippen MR) is 112 cm³/mol. The highest BCUT2D eigenvalue weighted by atomic mass is 32.2. The van der Waals surface area contributed by atoms with Crippen LogP contribution in [0.2, 0.25) is 0 Å². The maximum Gasteiger partial charge on any atom is 0.227 e. The molecule has 1 fully saturated rings. The van der Waals surface area contributed by atoms with Gasteiger partial charge in [0.05, 0.1) is 10.3 Å². The monoisotopic (exact) mass is 442 g/mol. The Kier molecular flexibility index (Phi) is 9.01. The summed E-state index contributed by atoms with van der Waals surface area (Å²) in [7, 11) is -4.27. The van der Waals surface area contributed by atoms with Gasteiger partial charge in [0.25, 0.3) is 0 Å². The first-order valence-electron chi connectivity index (χ1n) is 9.95. The Bertz CT molecular complexity index is 786. The summed E-state index contributed by atoms with van der Waals surface area (Å²) >= 11 is 1.68. The molecule has 2 aliphatic heterocycles. The average Bonchev–Trinajstić information content (AvgIpc) is 3.29. The van der Waals surface area contributed by atoms with E-state index in [1.54, 1.807) is 30.3 Å². The molecule has 9 heteroatoms. The van der Waals surface area contributed by atoms with Gasteiger partial charge in [-0.1, -0.05) is 41.5 Å². The van der Waals surface area contributed by atoms with E-state index in [2.05, 4.69) is 6.92 Å². The van der Waals surface area contributed by atoms with E-state index in [-0.39, 0.29) is 10.8 Å². The fourth-order valence-corrected chi connectivity index (χ4v) is 4.47. The van der Waals surface area contributed by atoms with Crippen LogP contribution in [-0.4, -0.2) is 47.6 Å². The maximum absolute atomic E-state index is 11.7. The largest absolute Gasteiger partial charge is 0.744 e. The number of benzene rings is 1. The molecule has 1 amide bonds. The van der Waals surface area contributed by atoms with Crippen LogP contribution in [0.5, 0.6) is 0 Å². The van der Waals surface area contributed by atoms with Gasteiger partial charge in [-0.25, -0.2) is 8.42 Å². The van der Waals surface area contributed by atoms with E-state index in [0.717, 1.165) is 31.5 Å². The zero-order chi connectivity index (χ0) is 21.3. The lowest BCUT2D eigenvalue weighted by atomic mass is 10.2. The molecule has 2 heterocycles. The molecule has 2 aliphatic rings. The van der Waals surface area contributed by atoms with Crippen molar-refractivity contribution >= 4 is 28.0 Å². The zero-order valence-electron chi connectivity index (χ0n) is 17.1. The molecule has 1 unspecified atom stereocenters. The van der Waals surface area contributed by atoms with Crippen LogP contribution in [0.1, 0.15) is 51.0 Å². The fraction of sp³-hybridized carbons (Fsp3) is 0.550. The van der Waals surface area contributed by atoms with Crippen LogP contribution in [0.15, 0.2) is 40.8 Å². The Morgan fingerprint density at radius 1 is 1.21 bits per heavy atom. The van der Waals surface area contributed by atoms with E-state index in [9.17, 15) is 17.8 Å². The summed E-state index contributed by atoms with van der Waals surface area (Å²) in [4.78, 5) is 19.2. The highest BCUT2D eigenvalue weighted by Crippen LogP contribution is 2.33. The third-order valence-corrected chi connectivity index (χ3v) is 6.63. The summed E-state index contributed by atoms with van der Waals surface area (Å²) in [5.74, 6) is 0.275. The quantitative estimate of drug-likeness (QED) is 0.262. The van der Waals surface area contributed by atoms with Crippen LogP contribution in [0, 0.1) is 6.92 Å². The predicted octanol–water partition coefficient (Wildman–Crippen LogP) is 3.93. The van der Waals surface area contributed by atoms with Crippen molar-refractivity contribution in [3.63, 3.8) is 0 Å². The lowest BCUT2D eigenvalue weighted by molar-refractivity contribution is -0.989. The third-order valence-electron chi connectivity index (χ3n) is 4.78. The normalized spacial score (nSPS) is 21.1. The number of nitrogens with zero attached hydrogens (tertiary/aromatic N) is 2. The summed E-state index contributed by atoms with van der Waals surface area (Å²) in [5, 5.41) is 1.99. The number of unbranched alkanes of at least 4 members (excludes halogenated alkanes) is 3. The molecular weight excluding hydrogens is 412 g/mol. The van der Waals surface area contributed by atoms with Crippen molar-refractivity contribution in [2.45, 2.75) is 57.3 Å². The molecule has 0 saturated carbocycles. The van der Waals surface area contributed by atoms with Crippen LogP contribution in [-0.2, 0) is 19.8 Å². The van der Waals surface area contributed by atoms with Crippen molar-refractivity contribution < 1.29 is 26.7 Å². The number of aryl methyl sites for hydroxylation is 1. The molecular formula is C20H30N2O5S2. The molecule has 7 nitrogen and oxygen atoms in total. The van der Waals surface area contributed by atoms with Crippen molar-refractivity contribution in [3.8, 4) is 0 Å². The Morgan fingerprint density at radius 3 is 2.45 bits per heavy atom. The van der Waals surface area contributed by atoms with Gasteiger partial charge in [0, 0.05) is 19.4 Å². The van der Waals surface area contributed by atoms with Gasteiger partial charge in [-0.2, -0.15) is 0 Å². The SMILES string of the molecule is CCCCCC[N+]1(CN2CCCC2=O)OC=CS1.Cc1ccc(S(=O)(=O)[O-])cc1. The van der Waals surface area contributed by atoms with Gasteiger partial charge >= 0.3 is 0 Å². The van der Waals surface area contributed by atoms with Gasteiger partial charge in [-0.15, -0.1) is 0 Å². The number of hydroxylamine groups is 2. The first-order valence-corrected chi connectivity index (χ1v) is 12.2. The third kappa shape index (κ3) is 7.65. The van der Waals surface area contributed by atoms with Gasteiger partial charge in [0.1, 0.15) is 16.7 Å². The van der Waals surface area contributed by atoms with E-state index in [1.807, 2.05) is 17.2 Å². The van der Waals surface area contributed by atoms with Crippen LogP contribution in [0.4, 0.5) is 0 Å². The Morgan fingerprint density at radius 2 is 1.93 bits per heavy atom. The minimum absolute atomic E-state index is 0.178. The van der Waals surface area contributed by atoms with Gasteiger partial charge in [0.2, 0.25) is 12.6 Å². The van der Waals surface area contributed by atoms with E-state index in [1.165, 1.54) is 31.4 Å². The van der Waals surface area contributed by atoms with Gasteiger partial charge < -0.3 is 9.39 Å². The summed E-state index contributed by atoms with van der Waals surface area (Å²) in [5.41, 5.74) is 0.928. The lowest BCUT2D eigenvalue weighted by Gasteiger charge is -2.31. The van der Waals surface area contributed by atoms with Crippen molar-refractivity contribution in [2.24, 2.45) is 0 Å². The van der Waals surface area contributed by atoms with Crippen molar-refractivity contribution in [2.75, 3.05) is 19.8 Å². The average molecular weight is 443 g/mol. The number of carbonyl (C=O) groups excluding carboxylic acids is 1. The first-order chi connectivity index (χ1) is 13.8. The molecule has 1 saturated heterocycles.